The Labute approximate surface area is 171 Å². The van der Waals surface area contributed by atoms with Crippen LogP contribution in [0.2, 0.25) is 0 Å². The molecule has 10 heteroatoms. The van der Waals surface area contributed by atoms with Gasteiger partial charge in [0, 0.05) is 50.8 Å². The summed E-state index contributed by atoms with van der Waals surface area (Å²) in [5, 5.41) is 4.21. The second-order valence-corrected chi connectivity index (χ2v) is 8.50. The number of aromatic nitrogens is 3. The van der Waals surface area contributed by atoms with Crippen LogP contribution < -0.4 is 0 Å². The number of likely N-dealkylation sites (tertiary alicyclic amines) is 2. The van der Waals surface area contributed by atoms with Crippen molar-refractivity contribution >= 4 is 17.5 Å². The summed E-state index contributed by atoms with van der Waals surface area (Å²) in [6.07, 6.45) is -3.72. The van der Waals surface area contributed by atoms with E-state index in [9.17, 15) is 22.8 Å². The van der Waals surface area contributed by atoms with Gasteiger partial charge in [-0.15, -0.1) is 0 Å². The van der Waals surface area contributed by atoms with Gasteiger partial charge in [-0.1, -0.05) is 13.8 Å². The van der Waals surface area contributed by atoms with E-state index in [4.69, 9.17) is 0 Å². The zero-order valence-electron chi connectivity index (χ0n) is 17.1. The normalized spacial score (nSPS) is 22.7. The minimum Gasteiger partial charge on any atom is -0.345 e. The van der Waals surface area contributed by atoms with Gasteiger partial charge in [-0.25, -0.2) is 9.50 Å². The number of carbonyl (C=O) groups is 2. The van der Waals surface area contributed by atoms with E-state index in [1.54, 1.807) is 36.8 Å². The monoisotopic (exact) mass is 423 g/mol. The summed E-state index contributed by atoms with van der Waals surface area (Å²) in [4.78, 5) is 32.1. The quantitative estimate of drug-likeness (QED) is 0.761. The smallest absolute Gasteiger partial charge is 0.345 e. The van der Waals surface area contributed by atoms with Crippen LogP contribution in [0.5, 0.6) is 0 Å². The first-order chi connectivity index (χ1) is 14.0. The maximum atomic E-state index is 13.6. The molecule has 0 spiro atoms. The lowest BCUT2D eigenvalue weighted by molar-refractivity contribution is -0.142. The minimum absolute atomic E-state index is 0.0452. The third-order valence-corrected chi connectivity index (χ3v) is 5.96. The second kappa shape index (κ2) is 7.24. The number of hydrogen-bond donors (Lipinski definition) is 0. The molecule has 2 aromatic rings. The van der Waals surface area contributed by atoms with E-state index >= 15 is 0 Å². The van der Waals surface area contributed by atoms with Crippen molar-refractivity contribution in [2.45, 2.75) is 44.7 Å². The predicted molar refractivity (Wildman–Crippen MR) is 102 cm³/mol. The van der Waals surface area contributed by atoms with Crippen molar-refractivity contribution in [3.05, 3.63) is 29.2 Å². The van der Waals surface area contributed by atoms with Gasteiger partial charge in [0.15, 0.2) is 5.65 Å². The molecule has 4 heterocycles. The van der Waals surface area contributed by atoms with Crippen LogP contribution in [0.4, 0.5) is 13.2 Å². The van der Waals surface area contributed by atoms with E-state index in [-0.39, 0.29) is 41.6 Å². The molecule has 0 aromatic carbocycles. The van der Waals surface area contributed by atoms with Crippen molar-refractivity contribution in [2.75, 3.05) is 26.7 Å². The Bertz CT molecular complexity index is 1000. The fourth-order valence-corrected chi connectivity index (χ4v) is 4.20. The lowest BCUT2D eigenvalue weighted by Crippen LogP contribution is -2.35. The molecule has 0 bridgehead atoms. The number of carbonyl (C=O) groups excluding carboxylic acids is 2. The molecule has 2 aliphatic heterocycles. The van der Waals surface area contributed by atoms with Crippen LogP contribution in [0.3, 0.4) is 0 Å². The highest BCUT2D eigenvalue weighted by molar-refractivity contribution is 5.89. The molecule has 2 amide bonds. The molecule has 2 saturated heterocycles. The van der Waals surface area contributed by atoms with E-state index in [2.05, 4.69) is 10.1 Å². The van der Waals surface area contributed by atoms with Gasteiger partial charge in [-0.3, -0.25) is 9.59 Å². The van der Waals surface area contributed by atoms with Crippen molar-refractivity contribution in [2.24, 2.45) is 5.92 Å². The Morgan fingerprint density at radius 1 is 1.23 bits per heavy atom. The molecule has 0 saturated carbocycles. The topological polar surface area (TPSA) is 70.8 Å². The number of halogens is 3. The number of fused-ring (bicyclic) bond motifs is 1. The Kier molecular flexibility index (Phi) is 4.98. The van der Waals surface area contributed by atoms with Crippen molar-refractivity contribution in [3.63, 3.8) is 0 Å². The Morgan fingerprint density at radius 3 is 2.57 bits per heavy atom. The predicted octanol–water partition coefficient (Wildman–Crippen LogP) is 2.67. The highest BCUT2D eigenvalue weighted by Gasteiger charge is 2.39. The summed E-state index contributed by atoms with van der Waals surface area (Å²) in [5.41, 5.74) is 0.181. The van der Waals surface area contributed by atoms with Crippen molar-refractivity contribution in [3.8, 4) is 0 Å². The SMILES string of the molecule is CC(C)c1cc(C(F)(F)F)n2nc([C@@H]3CCN(C(=O)[C@H]4CC(=O)N(C)C4)C3)cc2n1. The molecule has 162 valence electrons. The number of rotatable bonds is 3. The minimum atomic E-state index is -4.55. The second-order valence-electron chi connectivity index (χ2n) is 8.50. The van der Waals surface area contributed by atoms with E-state index in [0.29, 0.717) is 37.4 Å². The van der Waals surface area contributed by atoms with Crippen LogP contribution in [0.25, 0.3) is 5.65 Å². The Balaban J connectivity index is 1.58. The van der Waals surface area contributed by atoms with Crippen molar-refractivity contribution in [1.82, 2.24) is 24.4 Å². The highest BCUT2D eigenvalue weighted by Crippen LogP contribution is 2.34. The first kappa shape index (κ1) is 20.6. The average Bonchev–Trinajstić information content (AvgIpc) is 3.37. The van der Waals surface area contributed by atoms with Gasteiger partial charge in [-0.05, 0) is 18.4 Å². The number of nitrogens with zero attached hydrogens (tertiary/aromatic N) is 5. The molecule has 0 radical (unpaired) electrons. The van der Waals surface area contributed by atoms with Crippen LogP contribution >= 0.6 is 0 Å². The molecule has 2 aromatic heterocycles. The molecule has 2 atom stereocenters. The summed E-state index contributed by atoms with van der Waals surface area (Å²) in [6.45, 7) is 4.88. The summed E-state index contributed by atoms with van der Waals surface area (Å²) in [6, 6.07) is 2.64. The summed E-state index contributed by atoms with van der Waals surface area (Å²) < 4.78 is 41.6. The first-order valence-electron chi connectivity index (χ1n) is 10.0. The molecule has 0 N–H and O–H groups in total. The average molecular weight is 423 g/mol. The largest absolute Gasteiger partial charge is 0.433 e. The van der Waals surface area contributed by atoms with Crippen LogP contribution in [0, 0.1) is 5.92 Å². The third kappa shape index (κ3) is 3.63. The van der Waals surface area contributed by atoms with Gasteiger partial charge in [0.2, 0.25) is 11.8 Å². The van der Waals surface area contributed by atoms with Gasteiger partial charge in [0.05, 0.1) is 11.6 Å². The van der Waals surface area contributed by atoms with Gasteiger partial charge in [0.1, 0.15) is 5.69 Å². The first-order valence-corrected chi connectivity index (χ1v) is 10.0. The van der Waals surface area contributed by atoms with E-state index < -0.39 is 11.9 Å². The van der Waals surface area contributed by atoms with E-state index in [1.165, 1.54) is 0 Å². The highest BCUT2D eigenvalue weighted by atomic mass is 19.4. The summed E-state index contributed by atoms with van der Waals surface area (Å²) >= 11 is 0. The maximum absolute atomic E-state index is 13.6. The van der Waals surface area contributed by atoms with Crippen LogP contribution in [-0.2, 0) is 15.8 Å². The molecular weight excluding hydrogens is 399 g/mol. The molecule has 2 aliphatic rings. The van der Waals surface area contributed by atoms with E-state index in [0.717, 1.165) is 10.6 Å². The van der Waals surface area contributed by atoms with Gasteiger partial charge in [-0.2, -0.15) is 18.3 Å². The molecule has 0 unspecified atom stereocenters. The standard InChI is InChI=1S/C20H24F3N5O2/c1-11(2)14-7-16(20(21,22)23)28-17(24-14)8-15(25-28)12-4-5-27(10-12)19(30)13-6-18(29)26(3)9-13/h7-8,11-13H,4-6,9-10H2,1-3H3/t12-,13+/m1/s1. The Morgan fingerprint density at radius 2 is 1.97 bits per heavy atom. The summed E-state index contributed by atoms with van der Waals surface area (Å²) in [7, 11) is 1.68. The lowest BCUT2D eigenvalue weighted by atomic mass is 10.1. The molecule has 2 fully saturated rings. The molecule has 7 nitrogen and oxygen atoms in total. The Hall–Kier alpha value is -2.65. The van der Waals surface area contributed by atoms with Gasteiger partial charge >= 0.3 is 6.18 Å². The molecule has 30 heavy (non-hydrogen) atoms. The van der Waals surface area contributed by atoms with Gasteiger partial charge < -0.3 is 9.80 Å². The van der Waals surface area contributed by atoms with Gasteiger partial charge in [0.25, 0.3) is 0 Å². The van der Waals surface area contributed by atoms with Crippen LogP contribution in [-0.4, -0.2) is 62.9 Å². The third-order valence-electron chi connectivity index (χ3n) is 5.96. The lowest BCUT2D eigenvalue weighted by Gasteiger charge is -2.20. The summed E-state index contributed by atoms with van der Waals surface area (Å²) in [5.74, 6) is -0.781. The van der Waals surface area contributed by atoms with Crippen LogP contribution in [0.15, 0.2) is 12.1 Å². The fraction of sp³-hybridized carbons (Fsp3) is 0.600. The van der Waals surface area contributed by atoms with Crippen molar-refractivity contribution in [1.29, 1.82) is 0 Å². The van der Waals surface area contributed by atoms with Crippen LogP contribution in [0.1, 0.15) is 55.6 Å². The number of alkyl halides is 3. The molecular formula is C20H24F3N5O2. The zero-order valence-corrected chi connectivity index (χ0v) is 17.1. The number of amides is 2. The zero-order chi connectivity index (χ0) is 21.8. The maximum Gasteiger partial charge on any atom is 0.433 e. The van der Waals surface area contributed by atoms with Crippen molar-refractivity contribution < 1.29 is 22.8 Å². The number of hydrogen-bond acceptors (Lipinski definition) is 4. The fourth-order valence-electron chi connectivity index (χ4n) is 4.20. The van der Waals surface area contributed by atoms with E-state index in [1.807, 2.05) is 0 Å². The molecule has 4 rings (SSSR count). The molecule has 0 aliphatic carbocycles.